The van der Waals surface area contributed by atoms with Crippen LogP contribution in [0.5, 0.6) is 0 Å². The van der Waals surface area contributed by atoms with Gasteiger partial charge in [0, 0.05) is 51.1 Å². The zero-order valence-electron chi connectivity index (χ0n) is 25.3. The average Bonchev–Trinajstić information content (AvgIpc) is 3.19. The molecule has 0 aliphatic carbocycles. The van der Waals surface area contributed by atoms with E-state index in [4.69, 9.17) is 20.2 Å². The highest BCUT2D eigenvalue weighted by atomic mass is 16.5. The van der Waals surface area contributed by atoms with Gasteiger partial charge in [0.2, 0.25) is 5.91 Å². The van der Waals surface area contributed by atoms with Crippen LogP contribution in [0.25, 0.3) is 21.9 Å². The Bertz CT molecular complexity index is 1560. The second-order valence-electron chi connectivity index (χ2n) is 11.1. The van der Waals surface area contributed by atoms with Crippen molar-refractivity contribution in [3.8, 4) is 0 Å². The molecule has 10 heteroatoms. The van der Waals surface area contributed by atoms with E-state index in [1.807, 2.05) is 35.2 Å². The molecule has 2 aromatic carbocycles. The predicted molar refractivity (Wildman–Crippen MR) is 168 cm³/mol. The summed E-state index contributed by atoms with van der Waals surface area (Å²) in [5, 5.41) is 1.03. The van der Waals surface area contributed by atoms with Gasteiger partial charge in [0.15, 0.2) is 5.82 Å². The number of unbranched alkanes of at least 4 members (excludes halogenated alkanes) is 1. The monoisotopic (exact) mass is 586 g/mol. The Kier molecular flexibility index (Phi) is 10.2. The van der Waals surface area contributed by atoms with E-state index < -0.39 is 5.97 Å². The number of pyridine rings is 1. The number of nitrogens with zero attached hydrogens (tertiary/aromatic N) is 5. The first-order valence-corrected chi connectivity index (χ1v) is 15.3. The standard InChI is InChI=1S/C33H42N6O4/c1-3-4-14-28-36-30-31(26-12-5-6-13-27(26)35-32(30)34)39(28)17-8-16-38(29(40)23-37-15-9-19-43-20-18-37)22-24-10-7-11-25(21-24)33(41)42-2/h5-7,10-13,21H,3-4,8-9,14-20,22-23H2,1-2H3,(H2,34,35). The summed E-state index contributed by atoms with van der Waals surface area (Å²) in [5.41, 5.74) is 10.3. The number of benzene rings is 2. The SMILES string of the molecule is CCCCc1nc2c(N)nc3ccccc3c2n1CCCN(Cc1cccc(C(=O)OC)c1)C(=O)CN1CCCOCC1. The minimum absolute atomic E-state index is 0.0611. The zero-order valence-corrected chi connectivity index (χ0v) is 25.3. The third kappa shape index (κ3) is 7.32. The van der Waals surface area contributed by atoms with Gasteiger partial charge in [0.1, 0.15) is 11.3 Å². The third-order valence-corrected chi connectivity index (χ3v) is 8.00. The average molecular weight is 587 g/mol. The van der Waals surface area contributed by atoms with Crippen molar-refractivity contribution in [1.82, 2.24) is 24.3 Å². The van der Waals surface area contributed by atoms with Crippen molar-refractivity contribution in [2.75, 3.05) is 52.2 Å². The molecule has 0 bridgehead atoms. The maximum atomic E-state index is 13.7. The highest BCUT2D eigenvalue weighted by Crippen LogP contribution is 2.29. The fourth-order valence-electron chi connectivity index (χ4n) is 5.77. The number of hydrogen-bond donors (Lipinski definition) is 1. The number of para-hydroxylation sites is 1. The summed E-state index contributed by atoms with van der Waals surface area (Å²) in [6.45, 7) is 7.08. The van der Waals surface area contributed by atoms with Crippen molar-refractivity contribution in [1.29, 1.82) is 0 Å². The number of hydrogen-bond acceptors (Lipinski definition) is 8. The first-order valence-electron chi connectivity index (χ1n) is 15.3. The number of anilines is 1. The van der Waals surface area contributed by atoms with Crippen LogP contribution in [0.15, 0.2) is 48.5 Å². The molecule has 43 heavy (non-hydrogen) atoms. The molecule has 1 aliphatic rings. The Labute approximate surface area is 252 Å². The van der Waals surface area contributed by atoms with Crippen LogP contribution in [-0.2, 0) is 33.8 Å². The number of aryl methyl sites for hydroxylation is 2. The molecule has 1 aliphatic heterocycles. The number of imidazole rings is 1. The van der Waals surface area contributed by atoms with E-state index in [0.717, 1.165) is 85.1 Å². The molecule has 1 amide bonds. The Hall–Kier alpha value is -4.02. The molecular weight excluding hydrogens is 544 g/mol. The molecule has 2 aromatic heterocycles. The van der Waals surface area contributed by atoms with Crippen LogP contribution < -0.4 is 5.73 Å². The fourth-order valence-corrected chi connectivity index (χ4v) is 5.77. The molecule has 2 N–H and O–H groups in total. The van der Waals surface area contributed by atoms with E-state index in [0.29, 0.717) is 44.2 Å². The quantitative estimate of drug-likeness (QED) is 0.242. The first-order chi connectivity index (χ1) is 21.0. The number of nitrogen functional groups attached to an aromatic ring is 1. The molecule has 228 valence electrons. The lowest BCUT2D eigenvalue weighted by atomic mass is 10.1. The summed E-state index contributed by atoms with van der Waals surface area (Å²) >= 11 is 0. The normalized spacial score (nSPS) is 14.2. The molecule has 0 radical (unpaired) electrons. The van der Waals surface area contributed by atoms with Crippen molar-refractivity contribution in [2.24, 2.45) is 0 Å². The van der Waals surface area contributed by atoms with Crippen LogP contribution in [0.4, 0.5) is 5.82 Å². The van der Waals surface area contributed by atoms with Crippen LogP contribution in [0.2, 0.25) is 0 Å². The maximum Gasteiger partial charge on any atom is 0.337 e. The van der Waals surface area contributed by atoms with Gasteiger partial charge in [0.05, 0.1) is 36.9 Å². The van der Waals surface area contributed by atoms with Gasteiger partial charge in [0.25, 0.3) is 0 Å². The lowest BCUT2D eigenvalue weighted by molar-refractivity contribution is -0.133. The second kappa shape index (κ2) is 14.4. The van der Waals surface area contributed by atoms with E-state index in [-0.39, 0.29) is 5.91 Å². The van der Waals surface area contributed by atoms with Crippen molar-refractivity contribution >= 4 is 39.6 Å². The number of nitrogens with two attached hydrogens (primary N) is 1. The molecule has 0 atom stereocenters. The molecule has 1 saturated heterocycles. The van der Waals surface area contributed by atoms with Crippen molar-refractivity contribution in [3.63, 3.8) is 0 Å². The van der Waals surface area contributed by atoms with Gasteiger partial charge in [-0.2, -0.15) is 0 Å². The van der Waals surface area contributed by atoms with Crippen molar-refractivity contribution in [3.05, 3.63) is 65.5 Å². The summed E-state index contributed by atoms with van der Waals surface area (Å²) in [4.78, 5) is 39.5. The summed E-state index contributed by atoms with van der Waals surface area (Å²) in [6, 6.07) is 15.3. The van der Waals surface area contributed by atoms with Gasteiger partial charge in [-0.1, -0.05) is 43.7 Å². The number of fused-ring (bicyclic) bond motifs is 3. The van der Waals surface area contributed by atoms with E-state index in [1.165, 1.54) is 7.11 Å². The molecule has 10 nitrogen and oxygen atoms in total. The van der Waals surface area contributed by atoms with Crippen LogP contribution in [0, 0.1) is 0 Å². The topological polar surface area (TPSA) is 116 Å². The molecule has 5 rings (SSSR count). The first kappa shape index (κ1) is 30.4. The van der Waals surface area contributed by atoms with Gasteiger partial charge in [-0.05, 0) is 43.0 Å². The van der Waals surface area contributed by atoms with Crippen LogP contribution in [-0.4, -0.2) is 82.7 Å². The van der Waals surface area contributed by atoms with Gasteiger partial charge in [-0.25, -0.2) is 14.8 Å². The Balaban J connectivity index is 1.40. The number of methoxy groups -OCH3 is 1. The van der Waals surface area contributed by atoms with Crippen molar-refractivity contribution in [2.45, 2.75) is 52.1 Å². The van der Waals surface area contributed by atoms with Gasteiger partial charge in [-0.3, -0.25) is 9.69 Å². The highest BCUT2D eigenvalue weighted by Gasteiger charge is 2.21. The minimum atomic E-state index is -0.392. The Morgan fingerprint density at radius 2 is 1.93 bits per heavy atom. The third-order valence-electron chi connectivity index (χ3n) is 8.00. The lowest BCUT2D eigenvalue weighted by Gasteiger charge is -2.27. The number of rotatable bonds is 12. The van der Waals surface area contributed by atoms with Crippen LogP contribution in [0.3, 0.4) is 0 Å². The Morgan fingerprint density at radius 3 is 2.77 bits per heavy atom. The smallest absolute Gasteiger partial charge is 0.337 e. The molecule has 4 aromatic rings. The van der Waals surface area contributed by atoms with Crippen LogP contribution in [0.1, 0.15) is 54.4 Å². The summed E-state index contributed by atoms with van der Waals surface area (Å²) in [7, 11) is 1.37. The van der Waals surface area contributed by atoms with Gasteiger partial charge >= 0.3 is 5.97 Å². The van der Waals surface area contributed by atoms with Gasteiger partial charge in [-0.15, -0.1) is 0 Å². The molecule has 1 fully saturated rings. The van der Waals surface area contributed by atoms with Gasteiger partial charge < -0.3 is 24.7 Å². The van der Waals surface area contributed by atoms with E-state index in [1.54, 1.807) is 12.1 Å². The summed E-state index contributed by atoms with van der Waals surface area (Å²) in [5.74, 6) is 1.10. The lowest BCUT2D eigenvalue weighted by Crippen LogP contribution is -2.41. The Morgan fingerprint density at radius 1 is 1.07 bits per heavy atom. The summed E-state index contributed by atoms with van der Waals surface area (Å²) < 4.78 is 12.8. The predicted octanol–water partition coefficient (Wildman–Crippen LogP) is 4.44. The van der Waals surface area contributed by atoms with E-state index >= 15 is 0 Å². The molecular formula is C33H42N6O4. The fraction of sp³-hybridized carbons (Fsp3) is 0.455. The number of esters is 1. The highest BCUT2D eigenvalue weighted by molar-refractivity contribution is 6.06. The molecule has 0 saturated carbocycles. The zero-order chi connectivity index (χ0) is 30.2. The second-order valence-corrected chi connectivity index (χ2v) is 11.1. The number of amides is 1. The van der Waals surface area contributed by atoms with E-state index in [2.05, 4.69) is 27.4 Å². The molecule has 3 heterocycles. The maximum absolute atomic E-state index is 13.7. The summed E-state index contributed by atoms with van der Waals surface area (Å²) in [6.07, 6.45) is 4.57. The van der Waals surface area contributed by atoms with E-state index in [9.17, 15) is 9.59 Å². The number of carbonyl (C=O) groups excluding carboxylic acids is 2. The largest absolute Gasteiger partial charge is 0.465 e. The number of ether oxygens (including phenoxy) is 2. The van der Waals surface area contributed by atoms with Crippen molar-refractivity contribution < 1.29 is 19.1 Å². The minimum Gasteiger partial charge on any atom is -0.465 e. The number of carbonyl (C=O) groups is 2. The number of aromatic nitrogens is 3. The molecule has 0 unspecified atom stereocenters. The molecule has 0 spiro atoms. The van der Waals surface area contributed by atoms with Crippen LogP contribution >= 0.6 is 0 Å².